The Kier molecular flexibility index (Phi) is 6.65. The molecule has 3 heterocycles. The van der Waals surface area contributed by atoms with Crippen LogP contribution < -0.4 is 5.32 Å². The highest BCUT2D eigenvalue weighted by molar-refractivity contribution is 6.08. The molecule has 0 saturated heterocycles. The van der Waals surface area contributed by atoms with Crippen LogP contribution >= 0.6 is 0 Å². The Bertz CT molecular complexity index is 2150. The quantitative estimate of drug-likeness (QED) is 0.220. The Morgan fingerprint density at radius 2 is 1.18 bits per heavy atom. The monoisotopic (exact) mass is 580 g/mol. The zero-order chi connectivity index (χ0) is 30.2. The Morgan fingerprint density at radius 1 is 0.556 bits per heavy atom. The van der Waals surface area contributed by atoms with Crippen molar-refractivity contribution >= 4 is 28.5 Å². The van der Waals surface area contributed by atoms with E-state index in [0.29, 0.717) is 24.0 Å². The van der Waals surface area contributed by atoms with Gasteiger partial charge < -0.3 is 5.32 Å². The molecule has 0 amide bonds. The lowest BCUT2D eigenvalue weighted by Gasteiger charge is -2.18. The van der Waals surface area contributed by atoms with E-state index in [0.717, 1.165) is 61.2 Å². The molecule has 2 aromatic heterocycles. The minimum Gasteiger partial charge on any atom is -0.378 e. The average Bonchev–Trinajstić information content (AvgIpc) is 3.12. The van der Waals surface area contributed by atoms with Gasteiger partial charge in [-0.1, -0.05) is 90.5 Å². The van der Waals surface area contributed by atoms with Crippen LogP contribution in [0.5, 0.6) is 0 Å². The van der Waals surface area contributed by atoms with Crippen LogP contribution in [-0.4, -0.2) is 32.7 Å². The number of rotatable bonds is 5. The summed E-state index contributed by atoms with van der Waals surface area (Å²) in [4.78, 5) is 24.6. The molecule has 1 aliphatic rings. The number of nitrogens with one attached hydrogen (secondary N) is 1. The minimum atomic E-state index is 0.604. The van der Waals surface area contributed by atoms with E-state index in [4.69, 9.17) is 24.9 Å². The topological polar surface area (TPSA) is 76.0 Å². The fourth-order valence-electron chi connectivity index (χ4n) is 5.80. The maximum absolute atomic E-state index is 5.04. The summed E-state index contributed by atoms with van der Waals surface area (Å²) in [5.41, 5.74) is 11.0. The molecule has 8 rings (SSSR count). The van der Waals surface area contributed by atoms with Gasteiger partial charge in [0.1, 0.15) is 0 Å². The molecule has 5 aromatic carbocycles. The zero-order valence-electron chi connectivity index (χ0n) is 24.6. The fraction of sp³-hybridized carbons (Fsp3) is 0.0513. The smallest absolute Gasteiger partial charge is 0.164 e. The van der Waals surface area contributed by atoms with Crippen LogP contribution in [-0.2, 0) is 0 Å². The number of aliphatic imine (C=N–C) groups is 1. The summed E-state index contributed by atoms with van der Waals surface area (Å²) in [6.07, 6.45) is 3.75. The molecule has 0 radical (unpaired) electrons. The van der Waals surface area contributed by atoms with E-state index in [2.05, 4.69) is 66.8 Å². The Labute approximate surface area is 261 Å². The third kappa shape index (κ3) is 5.12. The SMILES string of the molecule is Cc1ccc(-c2cc(-c3nc(-c4ccccc4)nc(-c4ccccc4)n3)cc(-c3cc4c(c5cccnc35)NCC=N4)c2)cc1. The first kappa shape index (κ1) is 26.6. The molecule has 0 atom stereocenters. The molecule has 0 spiro atoms. The van der Waals surface area contributed by atoms with Crippen molar-refractivity contribution in [2.75, 3.05) is 11.9 Å². The van der Waals surface area contributed by atoms with Crippen molar-refractivity contribution in [2.24, 2.45) is 4.99 Å². The number of hydrogen-bond donors (Lipinski definition) is 1. The van der Waals surface area contributed by atoms with Crippen molar-refractivity contribution in [1.82, 2.24) is 19.9 Å². The van der Waals surface area contributed by atoms with E-state index in [1.54, 1.807) is 0 Å². The second-order valence-electron chi connectivity index (χ2n) is 11.1. The average molecular weight is 581 g/mol. The lowest BCUT2D eigenvalue weighted by Crippen LogP contribution is -2.07. The molecule has 0 bridgehead atoms. The molecule has 7 aromatic rings. The van der Waals surface area contributed by atoms with E-state index >= 15 is 0 Å². The van der Waals surface area contributed by atoms with E-state index in [1.165, 1.54) is 5.56 Å². The molecule has 0 unspecified atom stereocenters. The fourth-order valence-corrected chi connectivity index (χ4v) is 5.80. The summed E-state index contributed by atoms with van der Waals surface area (Å²) < 4.78 is 0. The molecule has 6 heteroatoms. The van der Waals surface area contributed by atoms with Gasteiger partial charge in [0.15, 0.2) is 17.5 Å². The van der Waals surface area contributed by atoms with E-state index in [1.807, 2.05) is 79.1 Å². The van der Waals surface area contributed by atoms with Crippen molar-refractivity contribution in [1.29, 1.82) is 0 Å². The van der Waals surface area contributed by atoms with E-state index in [-0.39, 0.29) is 0 Å². The van der Waals surface area contributed by atoms with Gasteiger partial charge in [-0.05, 0) is 60.0 Å². The maximum Gasteiger partial charge on any atom is 0.164 e. The van der Waals surface area contributed by atoms with Gasteiger partial charge in [0.2, 0.25) is 0 Å². The summed E-state index contributed by atoms with van der Waals surface area (Å²) in [6, 6.07) is 41.5. The highest BCUT2D eigenvalue weighted by Gasteiger charge is 2.19. The number of aromatic nitrogens is 4. The lowest BCUT2D eigenvalue weighted by molar-refractivity contribution is 1.07. The second-order valence-corrected chi connectivity index (χ2v) is 11.1. The number of hydrogen-bond acceptors (Lipinski definition) is 6. The first-order valence-electron chi connectivity index (χ1n) is 15.0. The standard InChI is InChI=1S/C39H28N6/c1-25-14-16-26(17-15-25)29-21-30(33-24-34-36(42-20-19-40-34)32-13-8-18-41-35(32)33)23-31(22-29)39-44-37(27-9-4-2-5-10-27)43-38(45-39)28-11-6-3-7-12-28/h2-19,21-24,42H,20H2,1H3. The zero-order valence-corrected chi connectivity index (χ0v) is 24.6. The highest BCUT2D eigenvalue weighted by Crippen LogP contribution is 2.42. The van der Waals surface area contributed by atoms with Crippen molar-refractivity contribution in [3.05, 3.63) is 133 Å². The summed E-state index contributed by atoms with van der Waals surface area (Å²) in [5.74, 6) is 1.86. The summed E-state index contributed by atoms with van der Waals surface area (Å²) in [6.45, 7) is 2.79. The molecule has 0 saturated carbocycles. The molecule has 45 heavy (non-hydrogen) atoms. The van der Waals surface area contributed by atoms with Crippen LogP contribution in [0.25, 0.3) is 67.3 Å². The molecule has 1 aliphatic heterocycles. The van der Waals surface area contributed by atoms with Crippen LogP contribution in [0.4, 0.5) is 11.4 Å². The molecular formula is C39H28N6. The Hall–Kier alpha value is -6.01. The molecule has 0 aliphatic carbocycles. The van der Waals surface area contributed by atoms with Gasteiger partial charge in [0, 0.05) is 40.1 Å². The number of benzene rings is 5. The number of nitrogens with zero attached hydrogens (tertiary/aromatic N) is 5. The van der Waals surface area contributed by atoms with Gasteiger partial charge in [-0.3, -0.25) is 9.98 Å². The summed E-state index contributed by atoms with van der Waals surface area (Å²) in [7, 11) is 0. The molecule has 0 fully saturated rings. The first-order valence-corrected chi connectivity index (χ1v) is 15.0. The van der Waals surface area contributed by atoms with Crippen LogP contribution in [0.15, 0.2) is 133 Å². The third-order valence-corrected chi connectivity index (χ3v) is 8.06. The van der Waals surface area contributed by atoms with Crippen LogP contribution in [0.2, 0.25) is 0 Å². The third-order valence-electron chi connectivity index (χ3n) is 8.06. The largest absolute Gasteiger partial charge is 0.378 e. The van der Waals surface area contributed by atoms with E-state index < -0.39 is 0 Å². The van der Waals surface area contributed by atoms with Crippen LogP contribution in [0, 0.1) is 6.92 Å². The molecule has 6 nitrogen and oxygen atoms in total. The normalized spacial score (nSPS) is 12.1. The van der Waals surface area contributed by atoms with Gasteiger partial charge in [-0.25, -0.2) is 15.0 Å². The van der Waals surface area contributed by atoms with Crippen molar-refractivity contribution in [2.45, 2.75) is 6.92 Å². The van der Waals surface area contributed by atoms with Gasteiger partial charge in [-0.15, -0.1) is 0 Å². The summed E-state index contributed by atoms with van der Waals surface area (Å²) in [5, 5.41) is 4.53. The van der Waals surface area contributed by atoms with Crippen molar-refractivity contribution < 1.29 is 0 Å². The predicted octanol–water partition coefficient (Wildman–Crippen LogP) is 9.19. The van der Waals surface area contributed by atoms with Gasteiger partial charge in [0.25, 0.3) is 0 Å². The second kappa shape index (κ2) is 11.2. The van der Waals surface area contributed by atoms with Crippen molar-refractivity contribution in [3.8, 4) is 56.4 Å². The number of aryl methyl sites for hydroxylation is 1. The Balaban J connectivity index is 1.39. The van der Waals surface area contributed by atoms with Gasteiger partial charge in [-0.2, -0.15) is 0 Å². The Morgan fingerprint density at radius 3 is 1.87 bits per heavy atom. The highest BCUT2D eigenvalue weighted by atomic mass is 15.0. The van der Waals surface area contributed by atoms with Crippen LogP contribution in [0.3, 0.4) is 0 Å². The van der Waals surface area contributed by atoms with Crippen LogP contribution in [0.1, 0.15) is 5.56 Å². The molecule has 1 N–H and O–H groups in total. The first-order chi connectivity index (χ1) is 22.2. The van der Waals surface area contributed by atoms with E-state index in [9.17, 15) is 0 Å². The van der Waals surface area contributed by atoms with Gasteiger partial charge in [0.05, 0.1) is 23.4 Å². The number of fused-ring (bicyclic) bond motifs is 3. The molecule has 214 valence electrons. The van der Waals surface area contributed by atoms with Crippen molar-refractivity contribution in [3.63, 3.8) is 0 Å². The number of pyridine rings is 1. The predicted molar refractivity (Wildman–Crippen MR) is 184 cm³/mol. The molecular weight excluding hydrogens is 552 g/mol. The lowest BCUT2D eigenvalue weighted by atomic mass is 9.93. The van der Waals surface area contributed by atoms with Gasteiger partial charge >= 0.3 is 0 Å². The minimum absolute atomic E-state index is 0.604. The maximum atomic E-state index is 5.04. The number of anilines is 1. The summed E-state index contributed by atoms with van der Waals surface area (Å²) >= 11 is 0.